The van der Waals surface area contributed by atoms with Crippen LogP contribution in [0.3, 0.4) is 0 Å². The number of halogens is 3. The molecule has 1 N–H and O–H groups in total. The topological polar surface area (TPSA) is 49.4 Å². The van der Waals surface area contributed by atoms with Gasteiger partial charge in [0.25, 0.3) is 5.91 Å². The molecule has 0 saturated heterocycles. The zero-order valence-electron chi connectivity index (χ0n) is 21.3. The summed E-state index contributed by atoms with van der Waals surface area (Å²) in [6.45, 7) is -0.0695. The van der Waals surface area contributed by atoms with Gasteiger partial charge in [-0.1, -0.05) is 96.7 Å². The van der Waals surface area contributed by atoms with Crippen molar-refractivity contribution in [3.05, 3.63) is 142 Å². The van der Waals surface area contributed by atoms with E-state index in [4.69, 9.17) is 0 Å². The second kappa shape index (κ2) is 11.8. The van der Waals surface area contributed by atoms with Crippen molar-refractivity contribution >= 4 is 29.3 Å². The van der Waals surface area contributed by atoms with Crippen LogP contribution in [0, 0.1) is 0 Å². The van der Waals surface area contributed by atoms with Crippen molar-refractivity contribution in [3.8, 4) is 0 Å². The molecule has 1 atom stereocenters. The Kier molecular flexibility index (Phi) is 8.07. The van der Waals surface area contributed by atoms with Crippen molar-refractivity contribution < 1.29 is 22.8 Å². The average Bonchev–Trinajstić information content (AvgIpc) is 2.95. The van der Waals surface area contributed by atoms with Gasteiger partial charge < -0.3 is 10.2 Å². The Morgan fingerprint density at radius 3 is 2.23 bits per heavy atom. The number of benzene rings is 4. The van der Waals surface area contributed by atoms with E-state index in [1.54, 1.807) is 18.2 Å². The fourth-order valence-corrected chi connectivity index (χ4v) is 5.60. The molecule has 4 nitrogen and oxygen atoms in total. The highest BCUT2D eigenvalue weighted by molar-refractivity contribution is 8.04. The lowest BCUT2D eigenvalue weighted by atomic mass is 9.99. The van der Waals surface area contributed by atoms with E-state index in [9.17, 15) is 22.8 Å². The van der Waals surface area contributed by atoms with Crippen molar-refractivity contribution in [2.45, 2.75) is 30.1 Å². The molecule has 0 radical (unpaired) electrons. The number of hydrogen-bond donors (Lipinski definition) is 1. The smallest absolute Gasteiger partial charge is 0.345 e. The van der Waals surface area contributed by atoms with Gasteiger partial charge in [-0.2, -0.15) is 13.2 Å². The number of thioether (sulfide) groups is 1. The van der Waals surface area contributed by atoms with E-state index in [2.05, 4.69) is 5.32 Å². The number of alkyl halides is 3. The molecule has 5 rings (SSSR count). The molecule has 8 heteroatoms. The predicted octanol–water partition coefficient (Wildman–Crippen LogP) is 7.33. The lowest BCUT2D eigenvalue weighted by Gasteiger charge is -2.30. The highest BCUT2D eigenvalue weighted by atomic mass is 32.2. The quantitative estimate of drug-likeness (QED) is 0.242. The molecule has 1 heterocycles. The molecule has 202 valence electrons. The summed E-state index contributed by atoms with van der Waals surface area (Å²) < 4.78 is 39.9. The highest BCUT2D eigenvalue weighted by Gasteiger charge is 2.32. The molecule has 0 aromatic heterocycles. The van der Waals surface area contributed by atoms with E-state index in [1.807, 2.05) is 72.8 Å². The molecule has 1 aliphatic heterocycles. The van der Waals surface area contributed by atoms with Crippen molar-refractivity contribution in [2.75, 3.05) is 4.90 Å². The second-order valence-corrected chi connectivity index (χ2v) is 10.4. The van der Waals surface area contributed by atoms with Gasteiger partial charge in [-0.05, 0) is 47.4 Å². The number of carbonyl (C=O) groups excluding carboxylic acids is 2. The molecular formula is C32H25F3N2O2S. The first-order chi connectivity index (χ1) is 19.3. The summed E-state index contributed by atoms with van der Waals surface area (Å²) >= 11 is 1.17. The number of fused-ring (bicyclic) bond motifs is 1. The molecule has 4 aromatic carbocycles. The Morgan fingerprint density at radius 1 is 0.850 bits per heavy atom. The third kappa shape index (κ3) is 6.46. The summed E-state index contributed by atoms with van der Waals surface area (Å²) in [5, 5.41) is 3.04. The summed E-state index contributed by atoms with van der Waals surface area (Å²) in [4.78, 5) is 29.2. The number of para-hydroxylation sites is 1. The predicted molar refractivity (Wildman–Crippen MR) is 150 cm³/mol. The van der Waals surface area contributed by atoms with Gasteiger partial charge in [0.2, 0.25) is 5.91 Å². The summed E-state index contributed by atoms with van der Waals surface area (Å²) in [5.74, 6) is -0.880. The zero-order chi connectivity index (χ0) is 28.1. The minimum atomic E-state index is -4.49. The number of carbonyl (C=O) groups is 2. The molecule has 0 bridgehead atoms. The Balaban J connectivity index is 1.41. The van der Waals surface area contributed by atoms with Crippen LogP contribution in [0.15, 0.2) is 125 Å². The van der Waals surface area contributed by atoms with Gasteiger partial charge in [0.15, 0.2) is 0 Å². The fourth-order valence-electron chi connectivity index (χ4n) is 4.57. The number of nitrogens with one attached hydrogen (secondary N) is 1. The molecule has 40 heavy (non-hydrogen) atoms. The SMILES string of the molecule is O=C(C=C1Sc2ccccc2N(Cc2cccc(C(F)(F)F)c2)C1=O)NC(Cc1ccccc1)c1ccccc1. The van der Waals surface area contributed by atoms with Crippen LogP contribution in [-0.2, 0) is 28.7 Å². The van der Waals surface area contributed by atoms with Gasteiger partial charge in [-0.25, -0.2) is 0 Å². The first kappa shape index (κ1) is 27.3. The number of anilines is 1. The van der Waals surface area contributed by atoms with Gasteiger partial charge in [-0.15, -0.1) is 0 Å². The van der Waals surface area contributed by atoms with E-state index < -0.39 is 23.6 Å². The van der Waals surface area contributed by atoms with Crippen LogP contribution in [0.1, 0.15) is 28.3 Å². The molecule has 0 fully saturated rings. The molecule has 1 unspecified atom stereocenters. The summed E-state index contributed by atoms with van der Waals surface area (Å²) in [6, 6.07) is 31.1. The lowest BCUT2D eigenvalue weighted by molar-refractivity contribution is -0.137. The van der Waals surface area contributed by atoms with Crippen molar-refractivity contribution in [1.29, 1.82) is 0 Å². The molecule has 2 amide bonds. The van der Waals surface area contributed by atoms with Gasteiger partial charge in [0.05, 0.1) is 28.7 Å². The van der Waals surface area contributed by atoms with E-state index in [-0.39, 0.29) is 17.5 Å². The van der Waals surface area contributed by atoms with Crippen LogP contribution in [0.4, 0.5) is 18.9 Å². The molecule has 4 aromatic rings. The Labute approximate surface area is 234 Å². The fraction of sp³-hybridized carbons (Fsp3) is 0.125. The molecule has 1 aliphatic rings. The molecule has 0 aliphatic carbocycles. The first-order valence-corrected chi connectivity index (χ1v) is 13.5. The maximum absolute atomic E-state index is 13.6. The Hall–Kier alpha value is -4.30. The maximum Gasteiger partial charge on any atom is 0.416 e. The van der Waals surface area contributed by atoms with Crippen molar-refractivity contribution in [1.82, 2.24) is 5.32 Å². The molecular weight excluding hydrogens is 533 g/mol. The van der Waals surface area contributed by atoms with E-state index >= 15 is 0 Å². The number of rotatable bonds is 7. The standard InChI is InChI=1S/C32H25F3N2O2S/c33-32(34,35)25-15-9-12-23(18-25)21-37-27-16-7-8-17-28(27)40-29(31(37)39)20-30(38)36-26(24-13-5-2-6-14-24)19-22-10-3-1-4-11-22/h1-18,20,26H,19,21H2,(H,36,38). The summed E-state index contributed by atoms with van der Waals surface area (Å²) in [7, 11) is 0. The minimum Gasteiger partial charge on any atom is -0.345 e. The van der Waals surface area contributed by atoms with Crippen molar-refractivity contribution in [2.24, 2.45) is 0 Å². The lowest BCUT2D eigenvalue weighted by Crippen LogP contribution is -2.35. The van der Waals surface area contributed by atoms with Crippen LogP contribution >= 0.6 is 11.8 Å². The number of hydrogen-bond acceptors (Lipinski definition) is 3. The van der Waals surface area contributed by atoms with Crippen LogP contribution in [0.5, 0.6) is 0 Å². The van der Waals surface area contributed by atoms with E-state index in [1.165, 1.54) is 28.8 Å². The average molecular weight is 559 g/mol. The maximum atomic E-state index is 13.6. The summed E-state index contributed by atoms with van der Waals surface area (Å²) in [6.07, 6.45) is -2.65. The van der Waals surface area contributed by atoms with Crippen LogP contribution in [0.2, 0.25) is 0 Å². The second-order valence-electron chi connectivity index (χ2n) is 9.33. The van der Waals surface area contributed by atoms with Gasteiger partial charge >= 0.3 is 6.18 Å². The van der Waals surface area contributed by atoms with Crippen molar-refractivity contribution in [3.63, 3.8) is 0 Å². The zero-order valence-corrected chi connectivity index (χ0v) is 22.1. The number of nitrogens with zero attached hydrogens (tertiary/aromatic N) is 1. The van der Waals surface area contributed by atoms with E-state index in [0.717, 1.165) is 28.2 Å². The highest BCUT2D eigenvalue weighted by Crippen LogP contribution is 2.42. The van der Waals surface area contributed by atoms with Crippen LogP contribution < -0.4 is 10.2 Å². The first-order valence-electron chi connectivity index (χ1n) is 12.6. The number of amides is 2. The van der Waals surface area contributed by atoms with Crippen LogP contribution in [-0.4, -0.2) is 11.8 Å². The van der Waals surface area contributed by atoms with E-state index in [0.29, 0.717) is 17.7 Å². The Morgan fingerprint density at radius 2 is 1.50 bits per heavy atom. The summed E-state index contributed by atoms with van der Waals surface area (Å²) in [5.41, 5.74) is 2.11. The Bertz CT molecular complexity index is 1540. The third-order valence-corrected chi connectivity index (χ3v) is 7.57. The molecule has 0 saturated carbocycles. The third-order valence-electron chi connectivity index (χ3n) is 6.49. The largest absolute Gasteiger partial charge is 0.416 e. The monoisotopic (exact) mass is 558 g/mol. The molecule has 0 spiro atoms. The van der Waals surface area contributed by atoms with Gasteiger partial charge in [0.1, 0.15) is 0 Å². The van der Waals surface area contributed by atoms with Gasteiger partial charge in [0, 0.05) is 11.0 Å². The van der Waals surface area contributed by atoms with Crippen LogP contribution in [0.25, 0.3) is 0 Å². The van der Waals surface area contributed by atoms with Gasteiger partial charge in [-0.3, -0.25) is 9.59 Å². The minimum absolute atomic E-state index is 0.0695. The normalized spacial score (nSPS) is 15.0.